The second kappa shape index (κ2) is 15.4. The molecule has 0 bridgehead atoms. The number of aliphatic hydroxyl groups is 1. The number of hydrogen-bond acceptors (Lipinski definition) is 6. The Morgan fingerprint density at radius 1 is 0.795 bits per heavy atom. The fourth-order valence-electron chi connectivity index (χ4n) is 5.24. The highest BCUT2D eigenvalue weighted by Crippen LogP contribution is 2.30. The molecule has 0 unspecified atom stereocenters. The highest BCUT2D eigenvalue weighted by atomic mass is 35.5. The molecular weight excluding hydrogens is 598 g/mol. The molecule has 0 fully saturated rings. The highest BCUT2D eigenvalue weighted by molar-refractivity contribution is 7.89. The lowest BCUT2D eigenvalue weighted by molar-refractivity contribution is -0.384. The molecule has 8 nitrogen and oxygen atoms in total. The molecule has 10 heteroatoms. The second-order valence-corrected chi connectivity index (χ2v) is 13.6. The Morgan fingerprint density at radius 2 is 1.30 bits per heavy atom. The molecule has 232 valence electrons. The van der Waals surface area contributed by atoms with Crippen LogP contribution in [-0.2, 0) is 29.5 Å². The molecule has 4 rings (SSSR count). The van der Waals surface area contributed by atoms with Crippen molar-refractivity contribution in [2.24, 2.45) is 5.92 Å². The second-order valence-electron chi connectivity index (χ2n) is 11.3. The van der Waals surface area contributed by atoms with E-state index in [2.05, 4.69) is 4.90 Å². The van der Waals surface area contributed by atoms with Gasteiger partial charge in [0.15, 0.2) is 0 Å². The van der Waals surface area contributed by atoms with Gasteiger partial charge in [-0.2, -0.15) is 4.31 Å². The van der Waals surface area contributed by atoms with E-state index in [0.29, 0.717) is 19.5 Å². The minimum absolute atomic E-state index is 0.0726. The van der Waals surface area contributed by atoms with E-state index in [1.807, 2.05) is 105 Å². The van der Waals surface area contributed by atoms with Gasteiger partial charge in [0.05, 0.1) is 15.9 Å². The summed E-state index contributed by atoms with van der Waals surface area (Å²) in [5, 5.41) is 23.4. The van der Waals surface area contributed by atoms with Crippen LogP contribution in [0.4, 0.5) is 5.69 Å². The molecule has 0 amide bonds. The first kappa shape index (κ1) is 33.3. The number of nitro groups is 1. The molecule has 0 aromatic heterocycles. The summed E-state index contributed by atoms with van der Waals surface area (Å²) in [5.41, 5.74) is 2.65. The summed E-state index contributed by atoms with van der Waals surface area (Å²) in [6.07, 6.45) is -0.623. The number of benzene rings is 4. The lowest BCUT2D eigenvalue weighted by Gasteiger charge is -2.37. The average Bonchev–Trinajstić information content (AvgIpc) is 3.00. The Bertz CT molecular complexity index is 1560. The molecule has 0 aliphatic carbocycles. The van der Waals surface area contributed by atoms with Gasteiger partial charge >= 0.3 is 0 Å². The number of aliphatic hydroxyl groups excluding tert-OH is 1. The third-order valence-corrected chi connectivity index (χ3v) is 9.52. The van der Waals surface area contributed by atoms with Crippen molar-refractivity contribution in [1.82, 2.24) is 9.21 Å². The number of nitrogens with zero attached hydrogens (tertiary/aromatic N) is 3. The highest BCUT2D eigenvalue weighted by Gasteiger charge is 2.34. The van der Waals surface area contributed by atoms with Gasteiger partial charge in [-0.1, -0.05) is 116 Å². The summed E-state index contributed by atoms with van der Waals surface area (Å²) >= 11 is 5.98. The Balaban J connectivity index is 1.73. The molecule has 0 saturated carbocycles. The maximum Gasteiger partial charge on any atom is 0.289 e. The van der Waals surface area contributed by atoms with Crippen molar-refractivity contribution in [3.8, 4) is 0 Å². The zero-order chi connectivity index (χ0) is 31.7. The molecule has 0 aliphatic heterocycles. The predicted octanol–water partition coefficient (Wildman–Crippen LogP) is 6.57. The van der Waals surface area contributed by atoms with Crippen molar-refractivity contribution >= 4 is 27.3 Å². The van der Waals surface area contributed by atoms with E-state index in [4.69, 9.17) is 11.6 Å². The van der Waals surface area contributed by atoms with Crippen LogP contribution in [0.15, 0.2) is 114 Å². The van der Waals surface area contributed by atoms with Crippen LogP contribution in [0.1, 0.15) is 30.5 Å². The van der Waals surface area contributed by atoms with Crippen LogP contribution in [0.5, 0.6) is 0 Å². The topological polar surface area (TPSA) is 104 Å². The lowest BCUT2D eigenvalue weighted by Crippen LogP contribution is -2.50. The molecular formula is C34H38ClN3O5S. The van der Waals surface area contributed by atoms with Crippen LogP contribution in [0.2, 0.25) is 5.02 Å². The predicted molar refractivity (Wildman–Crippen MR) is 174 cm³/mol. The summed E-state index contributed by atoms with van der Waals surface area (Å²) in [6, 6.07) is 32.8. The van der Waals surface area contributed by atoms with Crippen molar-refractivity contribution < 1.29 is 18.4 Å². The number of rotatable bonds is 15. The van der Waals surface area contributed by atoms with Crippen molar-refractivity contribution in [3.05, 3.63) is 141 Å². The first-order valence-corrected chi connectivity index (χ1v) is 16.3. The van der Waals surface area contributed by atoms with Gasteiger partial charge in [-0.25, -0.2) is 8.42 Å². The summed E-state index contributed by atoms with van der Waals surface area (Å²) in [6.45, 7) is 4.75. The first-order chi connectivity index (χ1) is 21.0. The van der Waals surface area contributed by atoms with Crippen LogP contribution in [-0.4, -0.2) is 52.9 Å². The molecule has 4 aromatic rings. The van der Waals surface area contributed by atoms with Crippen LogP contribution in [0.3, 0.4) is 0 Å². The maximum atomic E-state index is 14.0. The Labute approximate surface area is 264 Å². The summed E-state index contributed by atoms with van der Waals surface area (Å²) < 4.78 is 29.1. The van der Waals surface area contributed by atoms with E-state index in [-0.39, 0.29) is 28.9 Å². The number of nitro benzene ring substituents is 1. The minimum atomic E-state index is -4.22. The van der Waals surface area contributed by atoms with E-state index in [0.717, 1.165) is 22.8 Å². The van der Waals surface area contributed by atoms with Gasteiger partial charge in [0.1, 0.15) is 5.02 Å². The summed E-state index contributed by atoms with van der Waals surface area (Å²) in [5.74, 6) is -0.0726. The van der Waals surface area contributed by atoms with Gasteiger partial charge in [-0.3, -0.25) is 15.0 Å². The molecule has 1 N–H and O–H groups in total. The molecule has 4 aromatic carbocycles. The Hall–Kier alpha value is -3.60. The lowest BCUT2D eigenvalue weighted by atomic mass is 9.97. The van der Waals surface area contributed by atoms with Crippen molar-refractivity contribution in [2.45, 2.75) is 50.4 Å². The Morgan fingerprint density at radius 3 is 1.77 bits per heavy atom. The van der Waals surface area contributed by atoms with Crippen molar-refractivity contribution in [2.75, 3.05) is 13.1 Å². The van der Waals surface area contributed by atoms with E-state index in [1.165, 1.54) is 16.4 Å². The number of halogens is 1. The molecule has 44 heavy (non-hydrogen) atoms. The van der Waals surface area contributed by atoms with Gasteiger partial charge in [0, 0.05) is 38.3 Å². The van der Waals surface area contributed by atoms with E-state index in [9.17, 15) is 23.6 Å². The van der Waals surface area contributed by atoms with Crippen LogP contribution in [0, 0.1) is 16.0 Å². The fraction of sp³-hybridized carbons (Fsp3) is 0.294. The fourth-order valence-corrected chi connectivity index (χ4v) is 7.07. The van der Waals surface area contributed by atoms with Gasteiger partial charge < -0.3 is 5.11 Å². The zero-order valence-electron chi connectivity index (χ0n) is 24.9. The molecule has 2 atom stereocenters. The summed E-state index contributed by atoms with van der Waals surface area (Å²) in [4.78, 5) is 12.8. The molecule has 0 saturated heterocycles. The van der Waals surface area contributed by atoms with Gasteiger partial charge in [0.2, 0.25) is 10.0 Å². The smallest absolute Gasteiger partial charge is 0.289 e. The average molecular weight is 636 g/mol. The van der Waals surface area contributed by atoms with Crippen LogP contribution in [0.25, 0.3) is 0 Å². The number of sulfonamides is 1. The van der Waals surface area contributed by atoms with E-state index in [1.54, 1.807) is 0 Å². The SMILES string of the molecule is CC(C)CN(C[C@@H](O)[C@H](Cc1ccccc1)N(Cc1ccccc1)Cc1ccccc1)S(=O)(=O)c1ccc(Cl)c([N+](=O)[O-])c1. The largest absolute Gasteiger partial charge is 0.390 e. The van der Waals surface area contributed by atoms with Crippen molar-refractivity contribution in [1.29, 1.82) is 0 Å². The first-order valence-electron chi connectivity index (χ1n) is 14.5. The zero-order valence-corrected chi connectivity index (χ0v) is 26.4. The number of hydrogen-bond donors (Lipinski definition) is 1. The maximum absolute atomic E-state index is 14.0. The normalized spacial score (nSPS) is 13.3. The third-order valence-electron chi connectivity index (χ3n) is 7.37. The van der Waals surface area contributed by atoms with E-state index < -0.39 is 32.8 Å². The Kier molecular flexibility index (Phi) is 11.7. The van der Waals surface area contributed by atoms with Crippen LogP contribution >= 0.6 is 11.6 Å². The molecule has 0 radical (unpaired) electrons. The van der Waals surface area contributed by atoms with Crippen molar-refractivity contribution in [3.63, 3.8) is 0 Å². The van der Waals surface area contributed by atoms with Gasteiger partial charge in [-0.15, -0.1) is 0 Å². The molecule has 0 aliphatic rings. The monoisotopic (exact) mass is 635 g/mol. The molecule has 0 spiro atoms. The van der Waals surface area contributed by atoms with Gasteiger partial charge in [-0.05, 0) is 41.2 Å². The van der Waals surface area contributed by atoms with Crippen LogP contribution < -0.4 is 0 Å². The standard InChI is InChI=1S/C34H38ClN3O5S/c1-26(2)22-37(44(42,43)30-18-19-31(35)32(21-30)38(40)41)25-34(39)33(20-27-12-6-3-7-13-27)36(23-28-14-8-4-9-15-28)24-29-16-10-5-11-17-29/h3-19,21,26,33-34,39H,20,22-25H2,1-2H3/t33-,34+/m0/s1. The van der Waals surface area contributed by atoms with E-state index >= 15 is 0 Å². The quantitative estimate of drug-likeness (QED) is 0.117. The third kappa shape index (κ3) is 8.97. The molecule has 0 heterocycles. The summed E-state index contributed by atoms with van der Waals surface area (Å²) in [7, 11) is -4.22. The minimum Gasteiger partial charge on any atom is -0.390 e. The van der Waals surface area contributed by atoms with Gasteiger partial charge in [0.25, 0.3) is 5.69 Å².